The number of benzene rings is 1. The van der Waals surface area contributed by atoms with Crippen LogP contribution in [0.4, 0.5) is 0 Å². The maximum atomic E-state index is 11.2. The predicted molar refractivity (Wildman–Crippen MR) is 63.0 cm³/mol. The van der Waals surface area contributed by atoms with Crippen LogP contribution in [-0.2, 0) is 21.8 Å². The largest absolute Gasteiger partial charge is 0.496 e. The van der Waals surface area contributed by atoms with Crippen molar-refractivity contribution in [2.45, 2.75) is 19.2 Å². The standard InChI is InChI=1S/C12H15ClO3/c1-8-4-10(7-13)9(5-11(8)15-2)6-12(14)16-3/h4-5H,6-7H2,1-3H3. The smallest absolute Gasteiger partial charge is 0.309 e. The number of methoxy groups -OCH3 is 2. The first-order valence-electron chi connectivity index (χ1n) is 4.91. The van der Waals surface area contributed by atoms with E-state index in [1.807, 2.05) is 19.1 Å². The van der Waals surface area contributed by atoms with Gasteiger partial charge in [-0.25, -0.2) is 0 Å². The molecule has 1 rings (SSSR count). The summed E-state index contributed by atoms with van der Waals surface area (Å²) in [6.07, 6.45) is 0.217. The van der Waals surface area contributed by atoms with E-state index in [1.165, 1.54) is 7.11 Å². The second kappa shape index (κ2) is 5.75. The first-order chi connectivity index (χ1) is 7.62. The van der Waals surface area contributed by atoms with Crippen molar-refractivity contribution in [3.8, 4) is 5.75 Å². The highest BCUT2D eigenvalue weighted by Gasteiger charge is 2.11. The molecule has 0 saturated carbocycles. The van der Waals surface area contributed by atoms with Crippen LogP contribution in [0.1, 0.15) is 16.7 Å². The van der Waals surface area contributed by atoms with Crippen molar-refractivity contribution in [2.75, 3.05) is 14.2 Å². The molecule has 0 aliphatic rings. The van der Waals surface area contributed by atoms with E-state index in [-0.39, 0.29) is 12.4 Å². The fraction of sp³-hybridized carbons (Fsp3) is 0.417. The predicted octanol–water partition coefficient (Wildman–Crippen LogP) is 2.46. The molecule has 16 heavy (non-hydrogen) atoms. The van der Waals surface area contributed by atoms with Crippen molar-refractivity contribution in [1.82, 2.24) is 0 Å². The fourth-order valence-electron chi connectivity index (χ4n) is 1.53. The Kier molecular flexibility index (Phi) is 4.62. The summed E-state index contributed by atoms with van der Waals surface area (Å²) >= 11 is 5.83. The molecular weight excluding hydrogens is 228 g/mol. The van der Waals surface area contributed by atoms with Gasteiger partial charge in [-0.3, -0.25) is 4.79 Å². The van der Waals surface area contributed by atoms with Crippen LogP contribution in [0.25, 0.3) is 0 Å². The number of halogens is 1. The molecule has 0 amide bonds. The van der Waals surface area contributed by atoms with Gasteiger partial charge in [0.1, 0.15) is 5.75 Å². The molecule has 1 aromatic carbocycles. The Morgan fingerprint density at radius 1 is 1.31 bits per heavy atom. The number of alkyl halides is 1. The Labute approximate surface area is 100 Å². The third kappa shape index (κ3) is 2.89. The molecule has 0 aliphatic heterocycles. The summed E-state index contributed by atoms with van der Waals surface area (Å²) in [5.74, 6) is 0.849. The number of ether oxygens (including phenoxy) is 2. The number of carbonyl (C=O) groups excluding carboxylic acids is 1. The second-order valence-electron chi connectivity index (χ2n) is 3.48. The Balaban J connectivity index is 3.09. The van der Waals surface area contributed by atoms with Gasteiger partial charge in [0.05, 0.1) is 20.6 Å². The van der Waals surface area contributed by atoms with E-state index in [1.54, 1.807) is 7.11 Å². The lowest BCUT2D eigenvalue weighted by atomic mass is 10.0. The molecule has 4 heteroatoms. The summed E-state index contributed by atoms with van der Waals surface area (Å²) in [6, 6.07) is 3.77. The van der Waals surface area contributed by atoms with Gasteiger partial charge in [-0.2, -0.15) is 0 Å². The van der Waals surface area contributed by atoms with Crippen LogP contribution < -0.4 is 4.74 Å². The molecular formula is C12H15ClO3. The Morgan fingerprint density at radius 2 is 2.00 bits per heavy atom. The molecule has 0 aliphatic carbocycles. The Hall–Kier alpha value is -1.22. The maximum Gasteiger partial charge on any atom is 0.309 e. The Morgan fingerprint density at radius 3 is 2.50 bits per heavy atom. The van der Waals surface area contributed by atoms with Crippen LogP contribution >= 0.6 is 11.6 Å². The molecule has 3 nitrogen and oxygen atoms in total. The van der Waals surface area contributed by atoms with Crippen molar-refractivity contribution in [3.05, 3.63) is 28.8 Å². The van der Waals surface area contributed by atoms with Gasteiger partial charge in [-0.1, -0.05) is 6.07 Å². The van der Waals surface area contributed by atoms with Crippen molar-refractivity contribution in [1.29, 1.82) is 0 Å². The molecule has 0 radical (unpaired) electrons. The van der Waals surface area contributed by atoms with Gasteiger partial charge >= 0.3 is 5.97 Å². The van der Waals surface area contributed by atoms with Crippen LogP contribution in [0.3, 0.4) is 0 Å². The SMILES string of the molecule is COC(=O)Cc1cc(OC)c(C)cc1CCl. The van der Waals surface area contributed by atoms with Crippen LogP contribution in [0.15, 0.2) is 12.1 Å². The van der Waals surface area contributed by atoms with Gasteiger partial charge < -0.3 is 9.47 Å². The summed E-state index contributed by atoms with van der Waals surface area (Å²) < 4.78 is 9.84. The zero-order valence-electron chi connectivity index (χ0n) is 9.67. The highest BCUT2D eigenvalue weighted by Crippen LogP contribution is 2.24. The van der Waals surface area contributed by atoms with E-state index < -0.39 is 0 Å². The second-order valence-corrected chi connectivity index (χ2v) is 3.74. The lowest BCUT2D eigenvalue weighted by Crippen LogP contribution is -2.07. The van der Waals surface area contributed by atoms with Gasteiger partial charge in [-0.05, 0) is 29.7 Å². The van der Waals surface area contributed by atoms with Crippen LogP contribution in [0.2, 0.25) is 0 Å². The topological polar surface area (TPSA) is 35.5 Å². The van der Waals surface area contributed by atoms with E-state index in [4.69, 9.17) is 16.3 Å². The van der Waals surface area contributed by atoms with E-state index >= 15 is 0 Å². The number of rotatable bonds is 4. The van der Waals surface area contributed by atoms with Gasteiger partial charge in [-0.15, -0.1) is 11.6 Å². The molecule has 1 aromatic rings. The lowest BCUT2D eigenvalue weighted by molar-refractivity contribution is -0.139. The van der Waals surface area contributed by atoms with Crippen molar-refractivity contribution < 1.29 is 14.3 Å². The van der Waals surface area contributed by atoms with E-state index in [0.717, 1.165) is 22.4 Å². The van der Waals surface area contributed by atoms with Gasteiger partial charge in [0.25, 0.3) is 0 Å². The summed E-state index contributed by atoms with van der Waals surface area (Å²) in [7, 11) is 2.97. The first kappa shape index (κ1) is 12.8. The highest BCUT2D eigenvalue weighted by molar-refractivity contribution is 6.17. The number of aryl methyl sites for hydroxylation is 1. The molecule has 0 spiro atoms. The minimum absolute atomic E-state index is 0.217. The monoisotopic (exact) mass is 242 g/mol. The van der Waals surface area contributed by atoms with Crippen LogP contribution in [0.5, 0.6) is 5.75 Å². The maximum absolute atomic E-state index is 11.2. The lowest BCUT2D eigenvalue weighted by Gasteiger charge is -2.11. The number of hydrogen-bond donors (Lipinski definition) is 0. The average Bonchev–Trinajstić information content (AvgIpc) is 2.30. The van der Waals surface area contributed by atoms with Crippen molar-refractivity contribution in [3.63, 3.8) is 0 Å². The van der Waals surface area contributed by atoms with Crippen molar-refractivity contribution in [2.24, 2.45) is 0 Å². The number of carbonyl (C=O) groups is 1. The first-order valence-corrected chi connectivity index (χ1v) is 5.45. The molecule has 0 fully saturated rings. The molecule has 0 N–H and O–H groups in total. The minimum atomic E-state index is -0.280. The zero-order valence-corrected chi connectivity index (χ0v) is 10.4. The average molecular weight is 243 g/mol. The molecule has 0 unspecified atom stereocenters. The van der Waals surface area contributed by atoms with E-state index in [9.17, 15) is 4.79 Å². The molecule has 0 aromatic heterocycles. The van der Waals surface area contributed by atoms with E-state index in [0.29, 0.717) is 5.88 Å². The summed E-state index contributed by atoms with van der Waals surface area (Å²) in [5.41, 5.74) is 2.79. The van der Waals surface area contributed by atoms with Crippen molar-refractivity contribution >= 4 is 17.6 Å². The summed E-state index contributed by atoms with van der Waals surface area (Å²) in [6.45, 7) is 1.94. The molecule has 0 saturated heterocycles. The zero-order chi connectivity index (χ0) is 12.1. The minimum Gasteiger partial charge on any atom is -0.496 e. The van der Waals surface area contributed by atoms with Gasteiger partial charge in [0, 0.05) is 5.88 Å². The molecule has 88 valence electrons. The fourth-order valence-corrected chi connectivity index (χ4v) is 1.78. The number of hydrogen-bond acceptors (Lipinski definition) is 3. The van der Waals surface area contributed by atoms with Crippen LogP contribution in [0, 0.1) is 6.92 Å². The Bertz CT molecular complexity index is 388. The van der Waals surface area contributed by atoms with E-state index in [2.05, 4.69) is 4.74 Å². The summed E-state index contributed by atoms with van der Waals surface area (Å²) in [4.78, 5) is 11.2. The quantitative estimate of drug-likeness (QED) is 0.601. The third-order valence-corrected chi connectivity index (χ3v) is 2.71. The summed E-state index contributed by atoms with van der Waals surface area (Å²) in [5, 5.41) is 0. The van der Waals surface area contributed by atoms with Crippen LogP contribution in [-0.4, -0.2) is 20.2 Å². The number of esters is 1. The molecule has 0 atom stereocenters. The highest BCUT2D eigenvalue weighted by atomic mass is 35.5. The molecule has 0 bridgehead atoms. The third-order valence-electron chi connectivity index (χ3n) is 2.42. The molecule has 0 heterocycles. The van der Waals surface area contributed by atoms with Gasteiger partial charge in [0.15, 0.2) is 0 Å². The van der Waals surface area contributed by atoms with Gasteiger partial charge in [0.2, 0.25) is 0 Å². The normalized spacial score (nSPS) is 10.0.